The number of halogens is 1. The number of nitrogens with two attached hydrogens (primary N) is 1. The third-order valence-corrected chi connectivity index (χ3v) is 5.52. The SMILES string of the molecule is COc1ccc(CN2CCC([C@H]3OCC[C@@H]3C(N)=O)CC2)cc1Cl. The summed E-state index contributed by atoms with van der Waals surface area (Å²) in [4.78, 5) is 14.0. The van der Waals surface area contributed by atoms with Gasteiger partial charge in [-0.1, -0.05) is 17.7 Å². The highest BCUT2D eigenvalue weighted by Crippen LogP contribution is 2.33. The van der Waals surface area contributed by atoms with E-state index in [9.17, 15) is 4.79 Å². The molecule has 0 saturated carbocycles. The number of likely N-dealkylation sites (tertiary alicyclic amines) is 1. The van der Waals surface area contributed by atoms with Crippen molar-refractivity contribution < 1.29 is 14.3 Å². The van der Waals surface area contributed by atoms with E-state index in [0.717, 1.165) is 38.9 Å². The second kappa shape index (κ2) is 7.72. The predicted octanol–water partition coefficient (Wildman–Crippen LogP) is 2.45. The van der Waals surface area contributed by atoms with Gasteiger partial charge in [0.15, 0.2) is 0 Å². The molecule has 1 amide bonds. The van der Waals surface area contributed by atoms with Gasteiger partial charge in [-0.25, -0.2) is 0 Å². The number of benzene rings is 1. The van der Waals surface area contributed by atoms with Gasteiger partial charge in [-0.15, -0.1) is 0 Å². The van der Waals surface area contributed by atoms with Crippen LogP contribution >= 0.6 is 11.6 Å². The number of rotatable bonds is 5. The summed E-state index contributed by atoms with van der Waals surface area (Å²) in [6.45, 7) is 3.53. The van der Waals surface area contributed by atoms with E-state index in [-0.39, 0.29) is 17.9 Å². The Bertz CT molecular complexity index is 588. The van der Waals surface area contributed by atoms with Gasteiger partial charge in [-0.3, -0.25) is 9.69 Å². The summed E-state index contributed by atoms with van der Waals surface area (Å²) in [5.74, 6) is 0.811. The lowest BCUT2D eigenvalue weighted by Gasteiger charge is -2.35. The maximum Gasteiger partial charge on any atom is 0.223 e. The number of nitrogens with zero attached hydrogens (tertiary/aromatic N) is 1. The molecule has 1 aromatic carbocycles. The van der Waals surface area contributed by atoms with Crippen LogP contribution in [-0.2, 0) is 16.1 Å². The summed E-state index contributed by atoms with van der Waals surface area (Å²) in [6.07, 6.45) is 2.86. The predicted molar refractivity (Wildman–Crippen MR) is 93.0 cm³/mol. The highest BCUT2D eigenvalue weighted by atomic mass is 35.5. The zero-order valence-corrected chi connectivity index (χ0v) is 14.8. The summed E-state index contributed by atoms with van der Waals surface area (Å²) in [5.41, 5.74) is 6.70. The van der Waals surface area contributed by atoms with E-state index in [2.05, 4.69) is 11.0 Å². The summed E-state index contributed by atoms with van der Waals surface area (Å²) < 4.78 is 11.0. The van der Waals surface area contributed by atoms with Crippen LogP contribution in [0, 0.1) is 11.8 Å². The van der Waals surface area contributed by atoms with Crippen molar-refractivity contribution in [2.75, 3.05) is 26.8 Å². The van der Waals surface area contributed by atoms with Crippen molar-refractivity contribution in [1.29, 1.82) is 0 Å². The van der Waals surface area contributed by atoms with Gasteiger partial charge < -0.3 is 15.2 Å². The number of piperidine rings is 1. The second-order valence-electron chi connectivity index (χ2n) is 6.72. The van der Waals surface area contributed by atoms with Crippen molar-refractivity contribution in [2.45, 2.75) is 31.9 Å². The van der Waals surface area contributed by atoms with E-state index in [4.69, 9.17) is 26.8 Å². The first-order valence-electron chi connectivity index (χ1n) is 8.54. The molecule has 2 fully saturated rings. The van der Waals surface area contributed by atoms with Gasteiger partial charge in [-0.05, 0) is 56.0 Å². The van der Waals surface area contributed by atoms with Crippen molar-refractivity contribution in [1.82, 2.24) is 4.90 Å². The van der Waals surface area contributed by atoms with Gasteiger partial charge in [0.1, 0.15) is 5.75 Å². The molecule has 0 unspecified atom stereocenters. The standard InChI is InChI=1S/C18H25ClN2O3/c1-23-16-3-2-12(10-15(16)19)11-21-7-4-13(5-8-21)17-14(18(20)22)6-9-24-17/h2-3,10,13-14,17H,4-9,11H2,1H3,(H2,20,22)/t14-,17+/m0/s1. The van der Waals surface area contributed by atoms with Crippen LogP contribution in [0.15, 0.2) is 18.2 Å². The van der Waals surface area contributed by atoms with Crippen molar-refractivity contribution in [3.63, 3.8) is 0 Å². The Morgan fingerprint density at radius 2 is 2.12 bits per heavy atom. The van der Waals surface area contributed by atoms with Gasteiger partial charge in [0.05, 0.1) is 24.2 Å². The molecule has 0 spiro atoms. The number of hydrogen-bond donors (Lipinski definition) is 1. The molecule has 2 aliphatic heterocycles. The summed E-state index contributed by atoms with van der Waals surface area (Å²) in [5, 5.41) is 0.647. The first-order valence-corrected chi connectivity index (χ1v) is 8.92. The Kier molecular flexibility index (Phi) is 5.64. The van der Waals surface area contributed by atoms with E-state index in [0.29, 0.717) is 23.3 Å². The molecular formula is C18H25ClN2O3. The number of amides is 1. The first-order chi connectivity index (χ1) is 11.6. The van der Waals surface area contributed by atoms with Crippen LogP contribution in [0.25, 0.3) is 0 Å². The molecule has 6 heteroatoms. The maximum atomic E-state index is 11.6. The molecule has 1 aromatic rings. The Morgan fingerprint density at radius 1 is 1.38 bits per heavy atom. The highest BCUT2D eigenvalue weighted by molar-refractivity contribution is 6.32. The number of hydrogen-bond acceptors (Lipinski definition) is 4. The lowest BCUT2D eigenvalue weighted by Crippen LogP contribution is -2.41. The molecular weight excluding hydrogens is 328 g/mol. The zero-order chi connectivity index (χ0) is 17.1. The Morgan fingerprint density at radius 3 is 2.75 bits per heavy atom. The molecule has 5 nitrogen and oxygen atoms in total. The minimum absolute atomic E-state index is 0.0140. The average molecular weight is 353 g/mol. The third-order valence-electron chi connectivity index (χ3n) is 5.22. The van der Waals surface area contributed by atoms with E-state index < -0.39 is 0 Å². The summed E-state index contributed by atoms with van der Waals surface area (Å²) in [6, 6.07) is 5.93. The second-order valence-corrected chi connectivity index (χ2v) is 7.12. The van der Waals surface area contributed by atoms with Crippen LogP contribution < -0.4 is 10.5 Å². The Balaban J connectivity index is 1.54. The van der Waals surface area contributed by atoms with Gasteiger partial charge in [0, 0.05) is 13.2 Å². The molecule has 2 atom stereocenters. The fourth-order valence-electron chi connectivity index (χ4n) is 3.89. The van der Waals surface area contributed by atoms with Gasteiger partial charge in [-0.2, -0.15) is 0 Å². The quantitative estimate of drug-likeness (QED) is 0.884. The van der Waals surface area contributed by atoms with Crippen LogP contribution in [0.2, 0.25) is 5.02 Å². The van der Waals surface area contributed by atoms with Crippen LogP contribution in [0.1, 0.15) is 24.8 Å². The third kappa shape index (κ3) is 3.85. The van der Waals surface area contributed by atoms with Gasteiger partial charge in [0.2, 0.25) is 5.91 Å². The van der Waals surface area contributed by atoms with Gasteiger partial charge >= 0.3 is 0 Å². The molecule has 2 N–H and O–H groups in total. The molecule has 3 rings (SSSR count). The van der Waals surface area contributed by atoms with E-state index in [1.54, 1.807) is 7.11 Å². The minimum Gasteiger partial charge on any atom is -0.495 e. The van der Waals surface area contributed by atoms with Crippen molar-refractivity contribution >= 4 is 17.5 Å². The summed E-state index contributed by atoms with van der Waals surface area (Å²) >= 11 is 6.20. The van der Waals surface area contributed by atoms with E-state index in [1.807, 2.05) is 12.1 Å². The minimum atomic E-state index is -0.215. The Labute approximate surface area is 148 Å². The molecule has 2 saturated heterocycles. The fourth-order valence-corrected chi connectivity index (χ4v) is 4.17. The Hall–Kier alpha value is -1.30. The normalized spacial score (nSPS) is 25.8. The van der Waals surface area contributed by atoms with Gasteiger partial charge in [0.25, 0.3) is 0 Å². The molecule has 0 radical (unpaired) electrons. The zero-order valence-electron chi connectivity index (χ0n) is 14.0. The van der Waals surface area contributed by atoms with Crippen molar-refractivity contribution in [2.24, 2.45) is 17.6 Å². The number of methoxy groups -OCH3 is 1. The number of ether oxygens (including phenoxy) is 2. The van der Waals surface area contributed by atoms with E-state index in [1.165, 1.54) is 5.56 Å². The van der Waals surface area contributed by atoms with Crippen molar-refractivity contribution in [3.8, 4) is 5.75 Å². The lowest BCUT2D eigenvalue weighted by molar-refractivity contribution is -0.124. The average Bonchev–Trinajstić information content (AvgIpc) is 3.06. The maximum absolute atomic E-state index is 11.6. The fraction of sp³-hybridized carbons (Fsp3) is 0.611. The molecule has 0 aliphatic carbocycles. The highest BCUT2D eigenvalue weighted by Gasteiger charge is 2.39. The van der Waals surface area contributed by atoms with Crippen LogP contribution in [0.3, 0.4) is 0 Å². The molecule has 0 bridgehead atoms. The topological polar surface area (TPSA) is 64.8 Å². The monoisotopic (exact) mass is 352 g/mol. The summed E-state index contributed by atoms with van der Waals surface area (Å²) in [7, 11) is 1.62. The van der Waals surface area contributed by atoms with Crippen LogP contribution in [-0.4, -0.2) is 43.7 Å². The molecule has 2 aliphatic rings. The molecule has 132 valence electrons. The van der Waals surface area contributed by atoms with Crippen LogP contribution in [0.5, 0.6) is 5.75 Å². The molecule has 24 heavy (non-hydrogen) atoms. The lowest BCUT2D eigenvalue weighted by atomic mass is 9.84. The smallest absolute Gasteiger partial charge is 0.223 e. The number of carbonyl (C=O) groups excluding carboxylic acids is 1. The van der Waals surface area contributed by atoms with Crippen molar-refractivity contribution in [3.05, 3.63) is 28.8 Å². The van der Waals surface area contributed by atoms with Crippen LogP contribution in [0.4, 0.5) is 0 Å². The molecule has 2 heterocycles. The first kappa shape index (κ1) is 17.5. The van der Waals surface area contributed by atoms with E-state index >= 15 is 0 Å². The number of carbonyl (C=O) groups is 1. The number of primary amides is 1. The molecule has 0 aromatic heterocycles. The largest absolute Gasteiger partial charge is 0.495 e.